The van der Waals surface area contributed by atoms with E-state index < -0.39 is 0 Å². The smallest absolute Gasteiger partial charge is 0.267 e. The molecule has 0 aliphatic rings. The average Bonchev–Trinajstić information content (AvgIpc) is 3.13. The van der Waals surface area contributed by atoms with Gasteiger partial charge in [0, 0.05) is 40.1 Å². The molecule has 0 saturated carbocycles. The summed E-state index contributed by atoms with van der Waals surface area (Å²) in [4.78, 5) is 12.3. The number of hydrogen-bond acceptors (Lipinski definition) is 2. The molecule has 4 nitrogen and oxygen atoms in total. The molecular weight excluding hydrogens is 358 g/mol. The van der Waals surface area contributed by atoms with Crippen LogP contribution in [-0.4, -0.2) is 14.8 Å². The minimum atomic E-state index is -0.172. The molecule has 0 bridgehead atoms. The molecule has 2 heterocycles. The lowest BCUT2D eigenvalue weighted by molar-refractivity contribution is 0.913. The number of benzene rings is 2. The van der Waals surface area contributed by atoms with Crippen molar-refractivity contribution in [2.24, 2.45) is 0 Å². The summed E-state index contributed by atoms with van der Waals surface area (Å²) in [6.45, 7) is 2.04. The zero-order valence-electron chi connectivity index (χ0n) is 14.8. The van der Waals surface area contributed by atoms with Crippen LogP contribution in [0.3, 0.4) is 0 Å². The zero-order valence-corrected chi connectivity index (χ0v) is 15.6. The molecule has 0 radical (unpaired) electrons. The Labute approximate surface area is 162 Å². The molecular formula is C22H18ClN3O. The molecule has 0 aliphatic heterocycles. The third-order valence-corrected chi connectivity index (χ3v) is 4.79. The number of hydrogen-bond donors (Lipinski definition) is 1. The van der Waals surface area contributed by atoms with Crippen molar-refractivity contribution in [2.45, 2.75) is 13.3 Å². The lowest BCUT2D eigenvalue weighted by atomic mass is 10.1. The highest BCUT2D eigenvalue weighted by molar-refractivity contribution is 6.30. The number of halogens is 1. The summed E-state index contributed by atoms with van der Waals surface area (Å²) in [5.74, 6) is 0. The van der Waals surface area contributed by atoms with Crippen molar-refractivity contribution in [3.8, 4) is 16.9 Å². The number of aryl methyl sites for hydroxylation is 1. The molecule has 0 saturated heterocycles. The first kappa shape index (κ1) is 17.3. The van der Waals surface area contributed by atoms with Crippen LogP contribution in [0.15, 0.2) is 77.7 Å². The second-order valence-electron chi connectivity index (χ2n) is 6.50. The van der Waals surface area contributed by atoms with Gasteiger partial charge in [-0.25, -0.2) is 5.10 Å². The van der Waals surface area contributed by atoms with Gasteiger partial charge in [0.2, 0.25) is 0 Å². The van der Waals surface area contributed by atoms with Crippen molar-refractivity contribution in [3.63, 3.8) is 0 Å². The van der Waals surface area contributed by atoms with E-state index >= 15 is 0 Å². The van der Waals surface area contributed by atoms with E-state index in [-0.39, 0.29) is 5.56 Å². The quantitative estimate of drug-likeness (QED) is 0.558. The van der Waals surface area contributed by atoms with E-state index in [2.05, 4.69) is 14.8 Å². The summed E-state index contributed by atoms with van der Waals surface area (Å²) >= 11 is 5.99. The van der Waals surface area contributed by atoms with Crippen molar-refractivity contribution in [1.82, 2.24) is 14.8 Å². The summed E-state index contributed by atoms with van der Waals surface area (Å²) in [5.41, 5.74) is 5.45. The zero-order chi connectivity index (χ0) is 18.8. The number of aromatic nitrogens is 3. The van der Waals surface area contributed by atoms with E-state index in [0.717, 1.165) is 22.6 Å². The Hall–Kier alpha value is -3.11. The Bertz CT molecular complexity index is 1130. The minimum absolute atomic E-state index is 0.172. The maximum Gasteiger partial charge on any atom is 0.267 e. The Morgan fingerprint density at radius 2 is 1.78 bits per heavy atom. The van der Waals surface area contributed by atoms with Crippen LogP contribution in [0.25, 0.3) is 16.9 Å². The molecule has 4 aromatic rings. The first-order valence-corrected chi connectivity index (χ1v) is 9.06. The normalized spacial score (nSPS) is 10.9. The highest BCUT2D eigenvalue weighted by Gasteiger charge is 2.10. The molecule has 134 valence electrons. The van der Waals surface area contributed by atoms with Gasteiger partial charge in [0.15, 0.2) is 0 Å². The third kappa shape index (κ3) is 3.71. The van der Waals surface area contributed by atoms with E-state index in [0.29, 0.717) is 17.0 Å². The van der Waals surface area contributed by atoms with Crippen LogP contribution in [0.5, 0.6) is 0 Å². The van der Waals surface area contributed by atoms with Gasteiger partial charge >= 0.3 is 0 Å². The second kappa shape index (κ2) is 7.25. The van der Waals surface area contributed by atoms with Crippen LogP contribution in [0, 0.1) is 6.92 Å². The second-order valence-corrected chi connectivity index (χ2v) is 6.93. The largest absolute Gasteiger partial charge is 0.321 e. The standard InChI is InChI=1S/C22H18ClN3O/c1-15-4-6-16(7-5-15)21-14-17(22(27)25-24-21)13-20-3-2-12-26(20)19-10-8-18(23)9-11-19/h2-12,14H,13H2,1H3,(H,25,27). The fourth-order valence-electron chi connectivity index (χ4n) is 3.06. The fourth-order valence-corrected chi connectivity index (χ4v) is 3.18. The maximum atomic E-state index is 12.3. The topological polar surface area (TPSA) is 50.7 Å². The Morgan fingerprint density at radius 1 is 1.04 bits per heavy atom. The number of H-pyrrole nitrogens is 1. The number of rotatable bonds is 4. The molecule has 0 spiro atoms. The molecule has 2 aromatic heterocycles. The Kier molecular flexibility index (Phi) is 4.65. The van der Waals surface area contributed by atoms with Crippen molar-refractivity contribution < 1.29 is 0 Å². The number of nitrogens with one attached hydrogen (secondary N) is 1. The van der Waals surface area contributed by atoms with E-state index in [4.69, 9.17) is 11.6 Å². The molecule has 0 amide bonds. The predicted molar refractivity (Wildman–Crippen MR) is 109 cm³/mol. The van der Waals surface area contributed by atoms with E-state index in [1.807, 2.05) is 79.9 Å². The van der Waals surface area contributed by atoms with Gasteiger partial charge < -0.3 is 4.57 Å². The van der Waals surface area contributed by atoms with E-state index in [1.165, 1.54) is 5.56 Å². The van der Waals surface area contributed by atoms with Crippen molar-refractivity contribution in [3.05, 3.63) is 105 Å². The molecule has 4 rings (SSSR count). The molecule has 1 N–H and O–H groups in total. The number of nitrogens with zero attached hydrogens (tertiary/aromatic N) is 2. The van der Waals surface area contributed by atoms with Crippen LogP contribution < -0.4 is 5.56 Å². The van der Waals surface area contributed by atoms with Crippen LogP contribution in [0.2, 0.25) is 5.02 Å². The van der Waals surface area contributed by atoms with Gasteiger partial charge in [0.25, 0.3) is 5.56 Å². The monoisotopic (exact) mass is 375 g/mol. The van der Waals surface area contributed by atoms with Crippen molar-refractivity contribution >= 4 is 11.6 Å². The highest BCUT2D eigenvalue weighted by atomic mass is 35.5. The van der Waals surface area contributed by atoms with Crippen LogP contribution >= 0.6 is 11.6 Å². The molecule has 0 atom stereocenters. The fraction of sp³-hybridized carbons (Fsp3) is 0.0909. The molecule has 0 fully saturated rings. The van der Waals surface area contributed by atoms with Gasteiger partial charge in [-0.15, -0.1) is 0 Å². The molecule has 5 heteroatoms. The van der Waals surface area contributed by atoms with Crippen LogP contribution in [0.4, 0.5) is 0 Å². The summed E-state index contributed by atoms with van der Waals surface area (Å²) in [6, 6.07) is 21.6. The SMILES string of the molecule is Cc1ccc(-c2cc(Cc3cccn3-c3ccc(Cl)cc3)c(=O)[nH]n2)cc1. The highest BCUT2D eigenvalue weighted by Crippen LogP contribution is 2.20. The van der Waals surface area contributed by atoms with E-state index in [9.17, 15) is 4.79 Å². The summed E-state index contributed by atoms with van der Waals surface area (Å²) < 4.78 is 2.06. The molecule has 2 aromatic carbocycles. The Morgan fingerprint density at radius 3 is 2.52 bits per heavy atom. The lowest BCUT2D eigenvalue weighted by Crippen LogP contribution is -2.16. The third-order valence-electron chi connectivity index (χ3n) is 4.54. The summed E-state index contributed by atoms with van der Waals surface area (Å²) in [6.07, 6.45) is 2.49. The molecule has 0 aliphatic carbocycles. The predicted octanol–water partition coefficient (Wildman–Crippen LogP) is 4.78. The summed E-state index contributed by atoms with van der Waals surface area (Å²) in [7, 11) is 0. The van der Waals surface area contributed by atoms with Gasteiger partial charge in [-0.05, 0) is 49.4 Å². The van der Waals surface area contributed by atoms with E-state index in [1.54, 1.807) is 0 Å². The van der Waals surface area contributed by atoms with Crippen LogP contribution in [0.1, 0.15) is 16.8 Å². The van der Waals surface area contributed by atoms with Gasteiger partial charge in [-0.1, -0.05) is 41.4 Å². The maximum absolute atomic E-state index is 12.3. The van der Waals surface area contributed by atoms with Crippen LogP contribution in [-0.2, 0) is 6.42 Å². The van der Waals surface area contributed by atoms with Crippen molar-refractivity contribution in [2.75, 3.05) is 0 Å². The first-order valence-electron chi connectivity index (χ1n) is 8.68. The minimum Gasteiger partial charge on any atom is -0.321 e. The average molecular weight is 376 g/mol. The van der Waals surface area contributed by atoms with Gasteiger partial charge in [-0.3, -0.25) is 4.79 Å². The molecule has 27 heavy (non-hydrogen) atoms. The van der Waals surface area contributed by atoms with Gasteiger partial charge in [0.1, 0.15) is 0 Å². The molecule has 0 unspecified atom stereocenters. The Balaban J connectivity index is 1.68. The van der Waals surface area contributed by atoms with Gasteiger partial charge in [0.05, 0.1) is 5.69 Å². The van der Waals surface area contributed by atoms with Gasteiger partial charge in [-0.2, -0.15) is 5.10 Å². The van der Waals surface area contributed by atoms with Crippen molar-refractivity contribution in [1.29, 1.82) is 0 Å². The lowest BCUT2D eigenvalue weighted by Gasteiger charge is -2.10. The summed E-state index contributed by atoms with van der Waals surface area (Å²) in [5, 5.41) is 7.52. The number of aromatic amines is 1. The first-order chi connectivity index (χ1) is 13.1.